The molecule has 2 aromatic carbocycles. The van der Waals surface area contributed by atoms with E-state index in [2.05, 4.69) is 5.32 Å². The highest BCUT2D eigenvalue weighted by Crippen LogP contribution is 2.27. The third-order valence-corrected chi connectivity index (χ3v) is 3.63. The minimum atomic E-state index is -1.00. The molecular formula is C18H18ClNO5. The number of hydrogen-bond donors (Lipinski definition) is 1. The number of amides is 1. The highest BCUT2D eigenvalue weighted by Gasteiger charge is 2.20. The lowest BCUT2D eigenvalue weighted by Crippen LogP contribution is -2.30. The second kappa shape index (κ2) is 8.39. The third kappa shape index (κ3) is 4.87. The summed E-state index contributed by atoms with van der Waals surface area (Å²) in [6.45, 7) is 1.48. The number of esters is 1. The van der Waals surface area contributed by atoms with Crippen LogP contribution in [-0.4, -0.2) is 32.2 Å². The van der Waals surface area contributed by atoms with Crippen molar-refractivity contribution in [2.75, 3.05) is 19.5 Å². The zero-order chi connectivity index (χ0) is 18.4. The summed E-state index contributed by atoms with van der Waals surface area (Å²) >= 11 is 5.92. The molecule has 2 rings (SSSR count). The van der Waals surface area contributed by atoms with E-state index in [1.165, 1.54) is 21.1 Å². The molecule has 0 fully saturated rings. The Morgan fingerprint density at radius 3 is 2.32 bits per heavy atom. The van der Waals surface area contributed by atoms with E-state index >= 15 is 0 Å². The normalized spacial score (nSPS) is 11.4. The Morgan fingerprint density at radius 2 is 1.72 bits per heavy atom. The lowest BCUT2D eigenvalue weighted by Gasteiger charge is -2.15. The number of rotatable bonds is 6. The molecule has 1 amide bonds. The number of halogens is 1. The van der Waals surface area contributed by atoms with Gasteiger partial charge in [0.2, 0.25) is 0 Å². The first kappa shape index (κ1) is 18.6. The summed E-state index contributed by atoms with van der Waals surface area (Å²) in [5, 5.41) is 3.08. The molecule has 1 unspecified atom stereocenters. The molecule has 0 saturated carbocycles. The topological polar surface area (TPSA) is 73.9 Å². The number of methoxy groups -OCH3 is 2. The van der Waals surface area contributed by atoms with Crippen LogP contribution in [0.1, 0.15) is 17.3 Å². The lowest BCUT2D eigenvalue weighted by atomic mass is 10.2. The number of carbonyl (C=O) groups excluding carboxylic acids is 2. The molecule has 25 heavy (non-hydrogen) atoms. The van der Waals surface area contributed by atoms with Crippen LogP contribution in [0.15, 0.2) is 42.5 Å². The lowest BCUT2D eigenvalue weighted by molar-refractivity contribution is -0.123. The molecule has 0 aliphatic heterocycles. The van der Waals surface area contributed by atoms with Crippen molar-refractivity contribution in [3.8, 4) is 11.5 Å². The van der Waals surface area contributed by atoms with Crippen LogP contribution in [0.5, 0.6) is 11.5 Å². The van der Waals surface area contributed by atoms with E-state index in [1.54, 1.807) is 42.5 Å². The Kier molecular flexibility index (Phi) is 6.25. The van der Waals surface area contributed by atoms with Gasteiger partial charge in [0.25, 0.3) is 5.91 Å². The van der Waals surface area contributed by atoms with Gasteiger partial charge < -0.3 is 19.5 Å². The van der Waals surface area contributed by atoms with Crippen molar-refractivity contribution >= 4 is 29.2 Å². The maximum absolute atomic E-state index is 12.3. The van der Waals surface area contributed by atoms with Gasteiger partial charge in [-0.05, 0) is 49.4 Å². The van der Waals surface area contributed by atoms with Gasteiger partial charge in [-0.1, -0.05) is 11.6 Å². The fraction of sp³-hybridized carbons (Fsp3) is 0.222. The van der Waals surface area contributed by atoms with Crippen molar-refractivity contribution in [3.05, 3.63) is 53.1 Å². The van der Waals surface area contributed by atoms with Crippen LogP contribution in [0.3, 0.4) is 0 Å². The first-order valence-corrected chi connectivity index (χ1v) is 7.82. The molecule has 6 nitrogen and oxygen atoms in total. The van der Waals surface area contributed by atoms with Gasteiger partial charge in [0, 0.05) is 5.02 Å². The number of benzene rings is 2. The molecule has 2 aromatic rings. The molecule has 0 heterocycles. The molecule has 0 aliphatic rings. The summed E-state index contributed by atoms with van der Waals surface area (Å²) < 4.78 is 15.4. The number of nitrogens with one attached hydrogen (secondary N) is 1. The van der Waals surface area contributed by atoms with Crippen molar-refractivity contribution in [3.63, 3.8) is 0 Å². The Bertz CT molecular complexity index is 761. The average Bonchev–Trinajstić information content (AvgIpc) is 2.61. The summed E-state index contributed by atoms with van der Waals surface area (Å²) in [6, 6.07) is 11.2. The largest absolute Gasteiger partial charge is 0.497 e. The molecule has 0 aromatic heterocycles. The van der Waals surface area contributed by atoms with Gasteiger partial charge in [-0.2, -0.15) is 0 Å². The van der Waals surface area contributed by atoms with E-state index in [0.29, 0.717) is 27.8 Å². The Morgan fingerprint density at radius 1 is 1.04 bits per heavy atom. The minimum Gasteiger partial charge on any atom is -0.497 e. The smallest absolute Gasteiger partial charge is 0.338 e. The highest BCUT2D eigenvalue weighted by atomic mass is 35.5. The number of carbonyl (C=O) groups is 2. The van der Waals surface area contributed by atoms with Crippen LogP contribution < -0.4 is 14.8 Å². The molecule has 7 heteroatoms. The number of anilines is 1. The maximum atomic E-state index is 12.3. The summed E-state index contributed by atoms with van der Waals surface area (Å²) in [7, 11) is 3.01. The molecule has 1 N–H and O–H groups in total. The first-order chi connectivity index (χ1) is 11.9. The Labute approximate surface area is 150 Å². The molecule has 0 radical (unpaired) electrons. The van der Waals surface area contributed by atoms with Gasteiger partial charge >= 0.3 is 5.97 Å². The van der Waals surface area contributed by atoms with Gasteiger partial charge in [-0.25, -0.2) is 4.79 Å². The molecule has 0 bridgehead atoms. The van der Waals surface area contributed by atoms with Crippen molar-refractivity contribution in [2.24, 2.45) is 0 Å². The standard InChI is InChI=1S/C18H18ClNO5/c1-11(25-18(22)12-4-7-14(23-2)8-5-12)17(21)20-15-10-13(19)6-9-16(15)24-3/h4-11H,1-3H3,(H,20,21). The average molecular weight is 364 g/mol. The van der Waals surface area contributed by atoms with Crippen molar-refractivity contribution in [1.29, 1.82) is 0 Å². The SMILES string of the molecule is COc1ccc(C(=O)OC(C)C(=O)Nc2cc(Cl)ccc2OC)cc1. The Balaban J connectivity index is 2.02. The first-order valence-electron chi connectivity index (χ1n) is 7.44. The molecule has 0 aliphatic carbocycles. The van der Waals surface area contributed by atoms with Gasteiger partial charge in [0.05, 0.1) is 25.5 Å². The van der Waals surface area contributed by atoms with Crippen LogP contribution >= 0.6 is 11.6 Å². The zero-order valence-electron chi connectivity index (χ0n) is 14.0. The van der Waals surface area contributed by atoms with Crippen molar-refractivity contribution in [1.82, 2.24) is 0 Å². The van der Waals surface area contributed by atoms with E-state index < -0.39 is 18.0 Å². The van der Waals surface area contributed by atoms with E-state index in [1.807, 2.05) is 0 Å². The van der Waals surface area contributed by atoms with Crippen molar-refractivity contribution < 1.29 is 23.8 Å². The highest BCUT2D eigenvalue weighted by molar-refractivity contribution is 6.31. The molecule has 132 valence electrons. The quantitative estimate of drug-likeness (QED) is 0.794. The van der Waals surface area contributed by atoms with Crippen LogP contribution in [0.2, 0.25) is 5.02 Å². The minimum absolute atomic E-state index is 0.320. The molecular weight excluding hydrogens is 346 g/mol. The maximum Gasteiger partial charge on any atom is 0.338 e. The Hall–Kier alpha value is -2.73. The van der Waals surface area contributed by atoms with Gasteiger partial charge in [0.15, 0.2) is 6.10 Å². The zero-order valence-corrected chi connectivity index (χ0v) is 14.8. The monoisotopic (exact) mass is 363 g/mol. The van der Waals surface area contributed by atoms with Crippen LogP contribution in [0.25, 0.3) is 0 Å². The molecule has 0 spiro atoms. The predicted molar refractivity (Wildman–Crippen MR) is 94.5 cm³/mol. The predicted octanol–water partition coefficient (Wildman–Crippen LogP) is 3.54. The second-order valence-electron chi connectivity index (χ2n) is 5.11. The van der Waals surface area contributed by atoms with Crippen LogP contribution in [-0.2, 0) is 9.53 Å². The van der Waals surface area contributed by atoms with Crippen LogP contribution in [0, 0.1) is 0 Å². The third-order valence-electron chi connectivity index (χ3n) is 3.40. The van der Waals surface area contributed by atoms with Crippen LogP contribution in [0.4, 0.5) is 5.69 Å². The number of ether oxygens (including phenoxy) is 3. The van der Waals surface area contributed by atoms with Crippen molar-refractivity contribution in [2.45, 2.75) is 13.0 Å². The molecule has 0 saturated heterocycles. The van der Waals surface area contributed by atoms with E-state index in [-0.39, 0.29) is 0 Å². The summed E-state index contributed by atoms with van der Waals surface area (Å²) in [4.78, 5) is 24.4. The molecule has 1 atom stereocenters. The van der Waals surface area contributed by atoms with E-state index in [9.17, 15) is 9.59 Å². The second-order valence-corrected chi connectivity index (χ2v) is 5.55. The summed E-state index contributed by atoms with van der Waals surface area (Å²) in [5.74, 6) is -0.0346. The van der Waals surface area contributed by atoms with Gasteiger partial charge in [-0.3, -0.25) is 4.79 Å². The van der Waals surface area contributed by atoms with E-state index in [0.717, 1.165) is 0 Å². The van der Waals surface area contributed by atoms with Gasteiger partial charge in [-0.15, -0.1) is 0 Å². The summed E-state index contributed by atoms with van der Waals surface area (Å²) in [6.07, 6.45) is -1.00. The summed E-state index contributed by atoms with van der Waals surface area (Å²) in [5.41, 5.74) is 0.716. The number of hydrogen-bond acceptors (Lipinski definition) is 5. The van der Waals surface area contributed by atoms with E-state index in [4.69, 9.17) is 25.8 Å². The fourth-order valence-electron chi connectivity index (χ4n) is 2.02. The fourth-order valence-corrected chi connectivity index (χ4v) is 2.19. The van der Waals surface area contributed by atoms with Gasteiger partial charge in [0.1, 0.15) is 11.5 Å².